The highest BCUT2D eigenvalue weighted by molar-refractivity contribution is 5.85. The smallest absolute Gasteiger partial charge is 0.282 e. The zero-order chi connectivity index (χ0) is 10.1. The van der Waals surface area contributed by atoms with Crippen LogP contribution in [-0.2, 0) is 4.74 Å². The van der Waals surface area contributed by atoms with Gasteiger partial charge >= 0.3 is 0 Å². The maximum Gasteiger partial charge on any atom is 0.282 e. The zero-order valence-electron chi connectivity index (χ0n) is 7.61. The summed E-state index contributed by atoms with van der Waals surface area (Å²) in [5.74, 6) is -1.24. The molecule has 3 nitrogen and oxygen atoms in total. The minimum Gasteiger partial charge on any atom is -0.463 e. The molecule has 0 fully saturated rings. The van der Waals surface area contributed by atoms with E-state index in [9.17, 15) is 8.78 Å². The van der Waals surface area contributed by atoms with Crippen LogP contribution in [-0.4, -0.2) is 12.6 Å². The Kier molecular flexibility index (Phi) is 3.47. The third kappa shape index (κ3) is 2.36. The van der Waals surface area contributed by atoms with Crippen LogP contribution < -0.4 is 5.73 Å². The second-order valence-corrected chi connectivity index (χ2v) is 2.96. The molecule has 0 spiro atoms. The van der Waals surface area contributed by atoms with Crippen molar-refractivity contribution in [2.24, 2.45) is 10.7 Å². The van der Waals surface area contributed by atoms with Crippen molar-refractivity contribution in [2.45, 2.75) is 6.04 Å². The van der Waals surface area contributed by atoms with Gasteiger partial charge in [-0.05, 0) is 6.07 Å². The predicted octanol–water partition coefficient (Wildman–Crippen LogP) is 1.77. The van der Waals surface area contributed by atoms with Gasteiger partial charge in [0.2, 0.25) is 0 Å². The zero-order valence-corrected chi connectivity index (χ0v) is 8.43. The number of rotatable bonds is 1. The molecule has 1 heterocycles. The topological polar surface area (TPSA) is 47.6 Å². The molecule has 0 saturated heterocycles. The number of aliphatic imine (C=N–C) groups is 1. The van der Waals surface area contributed by atoms with Crippen LogP contribution in [0.4, 0.5) is 8.78 Å². The minimum atomic E-state index is -0.628. The fraction of sp³-hybridized carbons (Fsp3) is 0.222. The fourth-order valence-electron chi connectivity index (χ4n) is 1.32. The lowest BCUT2D eigenvalue weighted by Crippen LogP contribution is -2.10. The van der Waals surface area contributed by atoms with E-state index in [2.05, 4.69) is 4.99 Å². The normalized spacial score (nSPS) is 19.1. The Bertz CT molecular complexity index is 398. The van der Waals surface area contributed by atoms with Crippen LogP contribution >= 0.6 is 12.4 Å². The lowest BCUT2D eigenvalue weighted by molar-refractivity contribution is 0.312. The molecule has 6 heteroatoms. The minimum absolute atomic E-state index is 0. The van der Waals surface area contributed by atoms with Crippen molar-refractivity contribution in [1.29, 1.82) is 0 Å². The summed E-state index contributed by atoms with van der Waals surface area (Å²) >= 11 is 0. The van der Waals surface area contributed by atoms with Crippen molar-refractivity contribution in [2.75, 3.05) is 6.61 Å². The maximum atomic E-state index is 13.2. The molecule has 0 bridgehead atoms. The Balaban J connectivity index is 0.00000112. The highest BCUT2D eigenvalue weighted by Crippen LogP contribution is 2.24. The van der Waals surface area contributed by atoms with E-state index in [0.29, 0.717) is 5.56 Å². The predicted molar refractivity (Wildman–Crippen MR) is 53.9 cm³/mol. The molecule has 0 radical (unpaired) electrons. The Morgan fingerprint density at radius 1 is 1.40 bits per heavy atom. The second-order valence-electron chi connectivity index (χ2n) is 2.96. The van der Waals surface area contributed by atoms with E-state index < -0.39 is 17.7 Å². The molecule has 0 aromatic heterocycles. The molecule has 1 aromatic rings. The largest absolute Gasteiger partial charge is 0.463 e. The van der Waals surface area contributed by atoms with Crippen LogP contribution in [0.3, 0.4) is 0 Å². The van der Waals surface area contributed by atoms with Crippen molar-refractivity contribution in [3.8, 4) is 0 Å². The summed E-state index contributed by atoms with van der Waals surface area (Å²) < 4.78 is 30.7. The van der Waals surface area contributed by atoms with Gasteiger partial charge < -0.3 is 10.5 Å². The first kappa shape index (κ1) is 11.7. The first-order valence-corrected chi connectivity index (χ1v) is 4.08. The van der Waals surface area contributed by atoms with Gasteiger partial charge in [-0.2, -0.15) is 0 Å². The summed E-state index contributed by atoms with van der Waals surface area (Å²) in [6.45, 7) is 0.203. The molecule has 1 aromatic carbocycles. The first-order valence-electron chi connectivity index (χ1n) is 4.08. The number of hydrogen-bond donors (Lipinski definition) is 1. The summed E-state index contributed by atoms with van der Waals surface area (Å²) in [6, 6.07) is 2.93. The van der Waals surface area contributed by atoms with Gasteiger partial charge in [0, 0.05) is 11.6 Å². The number of halogens is 3. The van der Waals surface area contributed by atoms with Gasteiger partial charge in [0.1, 0.15) is 24.3 Å². The van der Waals surface area contributed by atoms with E-state index in [1.165, 1.54) is 12.1 Å². The Morgan fingerprint density at radius 2 is 2.13 bits per heavy atom. The Labute approximate surface area is 91.4 Å². The van der Waals surface area contributed by atoms with Gasteiger partial charge in [0.15, 0.2) is 0 Å². The van der Waals surface area contributed by atoms with E-state index in [1.54, 1.807) is 0 Å². The number of nitrogens with zero attached hydrogens (tertiary/aromatic N) is 1. The summed E-state index contributed by atoms with van der Waals surface area (Å²) in [5, 5.41) is 0. The van der Waals surface area contributed by atoms with Gasteiger partial charge in [0.25, 0.3) is 6.02 Å². The van der Waals surface area contributed by atoms with Crippen LogP contribution in [0.2, 0.25) is 0 Å². The summed E-state index contributed by atoms with van der Waals surface area (Å²) in [6.07, 6.45) is 0. The molecule has 0 aliphatic carbocycles. The summed E-state index contributed by atoms with van der Waals surface area (Å²) in [7, 11) is 0. The van der Waals surface area contributed by atoms with E-state index in [4.69, 9.17) is 10.5 Å². The number of nitrogens with two attached hydrogens (primary N) is 1. The van der Waals surface area contributed by atoms with Crippen molar-refractivity contribution in [3.63, 3.8) is 0 Å². The quantitative estimate of drug-likeness (QED) is 0.805. The monoisotopic (exact) mass is 234 g/mol. The van der Waals surface area contributed by atoms with Crippen molar-refractivity contribution < 1.29 is 13.5 Å². The molecule has 1 aliphatic rings. The van der Waals surface area contributed by atoms with Crippen molar-refractivity contribution >= 4 is 18.4 Å². The lowest BCUT2D eigenvalue weighted by Gasteiger charge is -2.05. The fourth-order valence-corrected chi connectivity index (χ4v) is 1.32. The average molecular weight is 235 g/mol. The van der Waals surface area contributed by atoms with Crippen molar-refractivity contribution in [1.82, 2.24) is 0 Å². The van der Waals surface area contributed by atoms with Gasteiger partial charge in [-0.1, -0.05) is 6.07 Å². The van der Waals surface area contributed by atoms with Crippen LogP contribution in [0.5, 0.6) is 0 Å². The van der Waals surface area contributed by atoms with Crippen LogP contribution in [0.1, 0.15) is 11.6 Å². The molecular formula is C9H9ClF2N2O. The van der Waals surface area contributed by atoms with E-state index in [1.807, 2.05) is 0 Å². The van der Waals surface area contributed by atoms with Gasteiger partial charge in [-0.3, -0.25) is 0 Å². The molecule has 2 N–H and O–H groups in total. The second kappa shape index (κ2) is 4.44. The SMILES string of the molecule is Cl.NC1=N[C@@H](c2ccc(F)cc2F)CO1. The molecule has 82 valence electrons. The molecular weight excluding hydrogens is 226 g/mol. The highest BCUT2D eigenvalue weighted by Gasteiger charge is 2.21. The lowest BCUT2D eigenvalue weighted by atomic mass is 10.1. The van der Waals surface area contributed by atoms with Crippen LogP contribution in [0.25, 0.3) is 0 Å². The van der Waals surface area contributed by atoms with Crippen LogP contribution in [0.15, 0.2) is 23.2 Å². The molecule has 0 saturated carbocycles. The molecule has 2 rings (SSSR count). The number of hydrogen-bond acceptors (Lipinski definition) is 3. The molecule has 1 aliphatic heterocycles. The third-order valence-electron chi connectivity index (χ3n) is 1.99. The average Bonchev–Trinajstić information content (AvgIpc) is 2.51. The number of amidine groups is 1. The standard InChI is InChI=1S/C9H8F2N2O.ClH/c10-5-1-2-6(7(11)3-5)8-4-14-9(12)13-8;/h1-3,8H,4H2,(H2,12,13);1H/t8-;/m1./s1. The van der Waals surface area contributed by atoms with E-state index in [-0.39, 0.29) is 25.0 Å². The van der Waals surface area contributed by atoms with Gasteiger partial charge in [-0.25, -0.2) is 13.8 Å². The third-order valence-corrected chi connectivity index (χ3v) is 1.99. The van der Waals surface area contributed by atoms with Crippen LogP contribution in [0, 0.1) is 11.6 Å². The maximum absolute atomic E-state index is 13.2. The van der Waals surface area contributed by atoms with Crippen molar-refractivity contribution in [3.05, 3.63) is 35.4 Å². The Morgan fingerprint density at radius 3 is 2.67 bits per heavy atom. The molecule has 15 heavy (non-hydrogen) atoms. The first-order chi connectivity index (χ1) is 6.66. The summed E-state index contributed by atoms with van der Waals surface area (Å²) in [4.78, 5) is 3.86. The highest BCUT2D eigenvalue weighted by atomic mass is 35.5. The Hall–Kier alpha value is -1.36. The molecule has 0 amide bonds. The van der Waals surface area contributed by atoms with E-state index in [0.717, 1.165) is 6.07 Å². The number of ether oxygens (including phenoxy) is 1. The summed E-state index contributed by atoms with van der Waals surface area (Å²) in [5.41, 5.74) is 5.57. The number of benzene rings is 1. The molecule has 0 unspecified atom stereocenters. The van der Waals surface area contributed by atoms with Gasteiger partial charge in [-0.15, -0.1) is 12.4 Å². The van der Waals surface area contributed by atoms with Gasteiger partial charge in [0.05, 0.1) is 0 Å². The van der Waals surface area contributed by atoms with E-state index >= 15 is 0 Å². The molecule has 1 atom stereocenters.